The minimum absolute atomic E-state index is 0.762. The van der Waals surface area contributed by atoms with Crippen LogP contribution in [0, 0.1) is 0 Å². The van der Waals surface area contributed by atoms with Crippen LogP contribution in [0.5, 0.6) is 5.75 Å². The summed E-state index contributed by atoms with van der Waals surface area (Å²) in [6, 6.07) is 5.83. The molecule has 0 spiro atoms. The summed E-state index contributed by atoms with van der Waals surface area (Å²) in [5.74, 6) is 0.924. The van der Waals surface area contributed by atoms with Crippen molar-refractivity contribution in [2.24, 2.45) is 0 Å². The molecule has 3 rings (SSSR count). The predicted octanol–water partition coefficient (Wildman–Crippen LogP) is 0.849. The highest BCUT2D eigenvalue weighted by molar-refractivity contribution is 5.65. The van der Waals surface area contributed by atoms with Crippen LogP contribution >= 0.6 is 0 Å². The predicted molar refractivity (Wildman–Crippen MR) is 72.4 cm³/mol. The molecule has 0 aromatic heterocycles. The number of nitrogens with one attached hydrogen (secondary N) is 2. The van der Waals surface area contributed by atoms with Gasteiger partial charge in [-0.2, -0.15) is 0 Å². The van der Waals surface area contributed by atoms with E-state index in [2.05, 4.69) is 15.5 Å². The van der Waals surface area contributed by atoms with E-state index in [0.29, 0.717) is 0 Å². The number of hydrogen-bond acceptors (Lipinski definition) is 5. The molecule has 0 bridgehead atoms. The molecule has 5 nitrogen and oxygen atoms in total. The van der Waals surface area contributed by atoms with Gasteiger partial charge in [0, 0.05) is 24.1 Å². The van der Waals surface area contributed by atoms with E-state index >= 15 is 0 Å². The summed E-state index contributed by atoms with van der Waals surface area (Å²) in [5.41, 5.74) is 8.94. The standard InChI is InChI=1S/C13H18N4O/c14-10-2-3-13-12(6-10)17(4-1-5-18-13)8-11-7-15-9-16-11/h2-3,6-7,15-16H,1,4-5,8-9,14H2. The smallest absolute Gasteiger partial charge is 0.142 e. The Kier molecular flexibility index (Phi) is 2.88. The van der Waals surface area contributed by atoms with E-state index in [1.807, 2.05) is 24.4 Å². The molecule has 0 radical (unpaired) electrons. The average molecular weight is 246 g/mol. The van der Waals surface area contributed by atoms with Gasteiger partial charge in [-0.3, -0.25) is 0 Å². The Morgan fingerprint density at radius 3 is 3.17 bits per heavy atom. The molecule has 2 heterocycles. The van der Waals surface area contributed by atoms with Gasteiger partial charge in [0.25, 0.3) is 0 Å². The van der Waals surface area contributed by atoms with Crippen LogP contribution in [-0.4, -0.2) is 26.4 Å². The van der Waals surface area contributed by atoms with Crippen molar-refractivity contribution >= 4 is 11.4 Å². The van der Waals surface area contributed by atoms with Crippen LogP contribution in [-0.2, 0) is 0 Å². The van der Waals surface area contributed by atoms with Crippen molar-refractivity contribution in [2.75, 3.05) is 37.0 Å². The van der Waals surface area contributed by atoms with Crippen LogP contribution in [0.25, 0.3) is 0 Å². The Morgan fingerprint density at radius 1 is 1.39 bits per heavy atom. The number of fused-ring (bicyclic) bond motifs is 1. The molecular weight excluding hydrogens is 228 g/mol. The van der Waals surface area contributed by atoms with Crippen LogP contribution < -0.4 is 26.0 Å². The molecule has 0 aliphatic carbocycles. The lowest BCUT2D eigenvalue weighted by molar-refractivity contribution is 0.322. The van der Waals surface area contributed by atoms with Crippen molar-refractivity contribution in [1.82, 2.24) is 10.6 Å². The van der Waals surface area contributed by atoms with Gasteiger partial charge in [-0.1, -0.05) is 0 Å². The number of nitrogen functional groups attached to an aromatic ring is 1. The Hall–Kier alpha value is -2.04. The van der Waals surface area contributed by atoms with E-state index in [0.717, 1.165) is 49.9 Å². The average Bonchev–Trinajstić information content (AvgIpc) is 2.79. The van der Waals surface area contributed by atoms with Gasteiger partial charge in [-0.15, -0.1) is 0 Å². The van der Waals surface area contributed by atoms with Crippen LogP contribution in [0.2, 0.25) is 0 Å². The van der Waals surface area contributed by atoms with Crippen LogP contribution in [0.3, 0.4) is 0 Å². The second kappa shape index (κ2) is 4.68. The Balaban J connectivity index is 1.87. The van der Waals surface area contributed by atoms with E-state index in [1.54, 1.807) is 0 Å². The number of benzene rings is 1. The molecule has 4 N–H and O–H groups in total. The van der Waals surface area contributed by atoms with Gasteiger partial charge < -0.3 is 26.0 Å². The first-order valence-electron chi connectivity index (χ1n) is 6.26. The highest BCUT2D eigenvalue weighted by Crippen LogP contribution is 2.33. The van der Waals surface area contributed by atoms with E-state index < -0.39 is 0 Å². The summed E-state index contributed by atoms with van der Waals surface area (Å²) >= 11 is 0. The molecular formula is C13H18N4O. The quantitative estimate of drug-likeness (QED) is 0.675. The molecule has 2 aliphatic heterocycles. The molecule has 0 unspecified atom stereocenters. The van der Waals surface area contributed by atoms with Gasteiger partial charge in [0.05, 0.1) is 25.5 Å². The monoisotopic (exact) mass is 246 g/mol. The molecule has 0 atom stereocenters. The molecule has 2 aliphatic rings. The number of anilines is 2. The van der Waals surface area contributed by atoms with Crippen LogP contribution in [0.15, 0.2) is 30.1 Å². The van der Waals surface area contributed by atoms with Gasteiger partial charge >= 0.3 is 0 Å². The minimum atomic E-state index is 0.762. The SMILES string of the molecule is Nc1ccc2c(c1)N(CC1=CNCN1)CCCO2. The van der Waals surface area contributed by atoms with Gasteiger partial charge in [-0.05, 0) is 24.6 Å². The van der Waals surface area contributed by atoms with Gasteiger partial charge in [0.2, 0.25) is 0 Å². The Bertz CT molecular complexity index is 472. The molecule has 5 heteroatoms. The zero-order valence-corrected chi connectivity index (χ0v) is 10.3. The molecule has 0 amide bonds. The maximum Gasteiger partial charge on any atom is 0.142 e. The molecule has 96 valence electrons. The highest BCUT2D eigenvalue weighted by atomic mass is 16.5. The van der Waals surface area contributed by atoms with Crippen molar-refractivity contribution in [3.05, 3.63) is 30.1 Å². The zero-order chi connectivity index (χ0) is 12.4. The maximum absolute atomic E-state index is 5.88. The van der Waals surface area contributed by atoms with E-state index in [-0.39, 0.29) is 0 Å². The number of nitrogens with zero attached hydrogens (tertiary/aromatic N) is 1. The molecule has 1 aromatic carbocycles. The van der Waals surface area contributed by atoms with E-state index in [1.165, 1.54) is 5.70 Å². The van der Waals surface area contributed by atoms with Crippen LogP contribution in [0.1, 0.15) is 6.42 Å². The van der Waals surface area contributed by atoms with Gasteiger partial charge in [0.1, 0.15) is 5.75 Å². The summed E-state index contributed by atoms with van der Waals surface area (Å²) < 4.78 is 5.75. The second-order valence-electron chi connectivity index (χ2n) is 4.58. The summed E-state index contributed by atoms with van der Waals surface area (Å²) in [5, 5.41) is 6.46. The number of rotatable bonds is 2. The Labute approximate surface area is 107 Å². The fourth-order valence-corrected chi connectivity index (χ4v) is 2.32. The fourth-order valence-electron chi connectivity index (χ4n) is 2.32. The number of ether oxygens (including phenoxy) is 1. The maximum atomic E-state index is 5.88. The zero-order valence-electron chi connectivity index (χ0n) is 10.3. The summed E-state index contributed by atoms with van der Waals surface area (Å²) in [6.07, 6.45) is 3.05. The second-order valence-corrected chi connectivity index (χ2v) is 4.58. The third-order valence-corrected chi connectivity index (χ3v) is 3.21. The highest BCUT2D eigenvalue weighted by Gasteiger charge is 2.18. The lowest BCUT2D eigenvalue weighted by Crippen LogP contribution is -2.29. The van der Waals surface area contributed by atoms with Crippen molar-refractivity contribution in [3.63, 3.8) is 0 Å². The largest absolute Gasteiger partial charge is 0.491 e. The summed E-state index contributed by atoms with van der Waals surface area (Å²) in [6.45, 7) is 3.41. The third kappa shape index (κ3) is 2.16. The van der Waals surface area contributed by atoms with Crippen molar-refractivity contribution in [1.29, 1.82) is 0 Å². The van der Waals surface area contributed by atoms with Crippen molar-refractivity contribution < 1.29 is 4.74 Å². The fraction of sp³-hybridized carbons (Fsp3) is 0.385. The summed E-state index contributed by atoms with van der Waals surface area (Å²) in [7, 11) is 0. The van der Waals surface area contributed by atoms with Crippen molar-refractivity contribution in [2.45, 2.75) is 6.42 Å². The minimum Gasteiger partial charge on any atom is -0.491 e. The van der Waals surface area contributed by atoms with Gasteiger partial charge in [0.15, 0.2) is 0 Å². The third-order valence-electron chi connectivity index (χ3n) is 3.21. The van der Waals surface area contributed by atoms with Crippen LogP contribution in [0.4, 0.5) is 11.4 Å². The first-order chi connectivity index (χ1) is 8.83. The normalized spacial score (nSPS) is 18.0. The molecule has 18 heavy (non-hydrogen) atoms. The summed E-state index contributed by atoms with van der Waals surface area (Å²) in [4.78, 5) is 2.31. The van der Waals surface area contributed by atoms with E-state index in [4.69, 9.17) is 10.5 Å². The van der Waals surface area contributed by atoms with Gasteiger partial charge in [-0.25, -0.2) is 0 Å². The molecule has 0 saturated carbocycles. The topological polar surface area (TPSA) is 62.5 Å². The van der Waals surface area contributed by atoms with Crippen molar-refractivity contribution in [3.8, 4) is 5.75 Å². The molecule has 0 saturated heterocycles. The lowest BCUT2D eigenvalue weighted by Gasteiger charge is -2.24. The molecule has 1 aromatic rings. The lowest BCUT2D eigenvalue weighted by atomic mass is 10.2. The number of hydrogen-bond donors (Lipinski definition) is 3. The first kappa shape index (κ1) is 11.1. The molecule has 0 fully saturated rings. The van der Waals surface area contributed by atoms with E-state index in [9.17, 15) is 0 Å². The number of nitrogens with two attached hydrogens (primary N) is 1. The first-order valence-corrected chi connectivity index (χ1v) is 6.26. The Morgan fingerprint density at radius 2 is 2.33 bits per heavy atom.